The minimum absolute atomic E-state index is 0.0122. The molecule has 2 N–H and O–H groups in total. The van der Waals surface area contributed by atoms with Crippen LogP contribution < -0.4 is 15.6 Å². The van der Waals surface area contributed by atoms with E-state index in [0.29, 0.717) is 34.0 Å². The number of hydrogen-bond acceptors (Lipinski definition) is 6. The lowest BCUT2D eigenvalue weighted by Gasteiger charge is -2.38. The Morgan fingerprint density at radius 1 is 1.23 bits per heavy atom. The first-order valence-electron chi connectivity index (χ1n) is 10.2. The molecule has 5 rings (SSSR count). The number of aryl methyl sites for hydroxylation is 1. The summed E-state index contributed by atoms with van der Waals surface area (Å²) >= 11 is 0. The van der Waals surface area contributed by atoms with E-state index in [-0.39, 0.29) is 23.3 Å². The summed E-state index contributed by atoms with van der Waals surface area (Å²) in [6, 6.07) is 4.89. The Balaban J connectivity index is 1.46. The van der Waals surface area contributed by atoms with Crippen LogP contribution in [-0.2, 0) is 7.05 Å². The average Bonchev–Trinajstić information content (AvgIpc) is 3.16. The number of nitrogens with zero attached hydrogens (tertiary/aromatic N) is 4. The normalized spacial score (nSPS) is 25.6. The summed E-state index contributed by atoms with van der Waals surface area (Å²) in [4.78, 5) is 22.9. The summed E-state index contributed by atoms with van der Waals surface area (Å²) in [5.74, 6) is 0.585. The molecule has 156 valence electrons. The van der Waals surface area contributed by atoms with Crippen molar-refractivity contribution >= 4 is 16.7 Å². The molecule has 2 unspecified atom stereocenters. The monoisotopic (exact) mass is 409 g/mol. The van der Waals surface area contributed by atoms with Gasteiger partial charge in [-0.05, 0) is 31.4 Å². The highest BCUT2D eigenvalue weighted by molar-refractivity contribution is 5.91. The molecule has 1 aromatic carbocycles. The van der Waals surface area contributed by atoms with Gasteiger partial charge in [-0.2, -0.15) is 0 Å². The Morgan fingerprint density at radius 3 is 2.83 bits per heavy atom. The van der Waals surface area contributed by atoms with Crippen molar-refractivity contribution in [2.75, 3.05) is 11.9 Å². The molecule has 0 saturated carbocycles. The van der Waals surface area contributed by atoms with Crippen LogP contribution in [0.4, 0.5) is 10.2 Å². The molecular weight excluding hydrogens is 385 g/mol. The van der Waals surface area contributed by atoms with E-state index >= 15 is 0 Å². The number of alkyl halides is 1. The highest BCUT2D eigenvalue weighted by Gasteiger charge is 2.43. The second-order valence-corrected chi connectivity index (χ2v) is 8.31. The van der Waals surface area contributed by atoms with E-state index in [1.165, 1.54) is 6.07 Å². The third-order valence-electron chi connectivity index (χ3n) is 6.55. The number of aromatic hydroxyl groups is 1. The van der Waals surface area contributed by atoms with Crippen LogP contribution in [0.5, 0.6) is 5.75 Å². The summed E-state index contributed by atoms with van der Waals surface area (Å²) in [6.07, 6.45) is 6.51. The van der Waals surface area contributed by atoms with E-state index in [4.69, 9.17) is 0 Å². The molecule has 0 radical (unpaired) electrons. The zero-order valence-corrected chi connectivity index (χ0v) is 16.9. The van der Waals surface area contributed by atoms with E-state index in [0.717, 1.165) is 19.3 Å². The second-order valence-electron chi connectivity index (χ2n) is 8.31. The molecule has 0 spiro atoms. The molecule has 8 heteroatoms. The van der Waals surface area contributed by atoms with Crippen molar-refractivity contribution in [3.8, 4) is 17.0 Å². The van der Waals surface area contributed by atoms with Gasteiger partial charge in [-0.15, -0.1) is 0 Å². The first-order valence-corrected chi connectivity index (χ1v) is 10.2. The van der Waals surface area contributed by atoms with Crippen molar-refractivity contribution in [1.29, 1.82) is 0 Å². The van der Waals surface area contributed by atoms with Gasteiger partial charge in [-0.3, -0.25) is 9.78 Å². The van der Waals surface area contributed by atoms with Crippen LogP contribution in [0.15, 0.2) is 41.6 Å². The molecule has 4 heterocycles. The Hall–Kier alpha value is -3.00. The Morgan fingerprint density at radius 2 is 2.07 bits per heavy atom. The van der Waals surface area contributed by atoms with E-state index < -0.39 is 6.17 Å². The maximum absolute atomic E-state index is 14.9. The van der Waals surface area contributed by atoms with Crippen molar-refractivity contribution in [1.82, 2.24) is 19.9 Å². The van der Waals surface area contributed by atoms with Crippen molar-refractivity contribution in [2.24, 2.45) is 7.05 Å². The van der Waals surface area contributed by atoms with Gasteiger partial charge in [-0.25, -0.2) is 9.37 Å². The number of aromatic nitrogens is 3. The number of pyridine rings is 1. The highest BCUT2D eigenvalue weighted by atomic mass is 19.1. The number of hydrogen-bond donors (Lipinski definition) is 2. The van der Waals surface area contributed by atoms with Gasteiger partial charge >= 0.3 is 0 Å². The third kappa shape index (κ3) is 2.94. The number of nitrogens with one attached hydrogen (secondary N) is 1. The fraction of sp³-hybridized carbons (Fsp3) is 0.409. The number of phenols is 1. The van der Waals surface area contributed by atoms with E-state index in [2.05, 4.69) is 15.3 Å². The first-order chi connectivity index (χ1) is 14.4. The Bertz CT molecular complexity index is 1160. The van der Waals surface area contributed by atoms with Gasteiger partial charge in [0.1, 0.15) is 17.7 Å². The summed E-state index contributed by atoms with van der Waals surface area (Å²) in [5.41, 5.74) is 1.29. The Labute approximate surface area is 173 Å². The van der Waals surface area contributed by atoms with Gasteiger partial charge in [0.05, 0.1) is 29.6 Å². The first kappa shape index (κ1) is 19.0. The molecule has 3 aromatic rings. The maximum Gasteiger partial charge on any atom is 0.189 e. The SMILES string of the molecule is CN(c1cnc(-c2ccc3c(=O)ccn(C)c3c2O)cn1)[C@H]1CC2CCC(N2)[C@H]1F. The lowest BCUT2D eigenvalue weighted by molar-refractivity contribution is 0.176. The molecule has 30 heavy (non-hydrogen) atoms. The standard InChI is InChI=1S/C22H24FN5O2/c1-27-8-7-18(29)14-5-4-13(22(30)21(14)27)16-10-25-19(11-24-16)28(2)17-9-12-3-6-15(26-12)20(17)23/h4-5,7-8,10-12,15,17,20,26,30H,3,6,9H2,1-2H3/t12?,15?,17-,20+/m0/s1. The lowest BCUT2D eigenvalue weighted by Crippen LogP contribution is -2.55. The van der Waals surface area contributed by atoms with E-state index in [1.807, 2.05) is 11.9 Å². The number of anilines is 1. The van der Waals surface area contributed by atoms with Gasteiger partial charge in [0, 0.05) is 49.4 Å². The molecule has 0 aliphatic carbocycles. The third-order valence-corrected chi connectivity index (χ3v) is 6.55. The van der Waals surface area contributed by atoms with Crippen molar-refractivity contribution < 1.29 is 9.50 Å². The molecule has 2 aromatic heterocycles. The smallest absolute Gasteiger partial charge is 0.189 e. The largest absolute Gasteiger partial charge is 0.505 e. The number of halogens is 1. The molecule has 2 aliphatic rings. The maximum atomic E-state index is 14.9. The zero-order chi connectivity index (χ0) is 21.0. The summed E-state index contributed by atoms with van der Waals surface area (Å²) in [7, 11) is 3.63. The van der Waals surface area contributed by atoms with Crippen LogP contribution in [0, 0.1) is 0 Å². The summed E-state index contributed by atoms with van der Waals surface area (Å²) < 4.78 is 16.6. The number of piperidine rings is 1. The van der Waals surface area contributed by atoms with Crippen LogP contribution in [0.3, 0.4) is 0 Å². The zero-order valence-electron chi connectivity index (χ0n) is 16.9. The lowest BCUT2D eigenvalue weighted by atomic mass is 9.96. The summed E-state index contributed by atoms with van der Waals surface area (Å²) in [6.45, 7) is 0. The summed E-state index contributed by atoms with van der Waals surface area (Å²) in [5, 5.41) is 14.6. The molecule has 4 atom stereocenters. The fourth-order valence-corrected chi connectivity index (χ4v) is 4.85. The topological polar surface area (TPSA) is 83.3 Å². The van der Waals surface area contributed by atoms with E-state index in [1.54, 1.807) is 42.3 Å². The van der Waals surface area contributed by atoms with Gasteiger partial charge in [0.2, 0.25) is 0 Å². The molecule has 7 nitrogen and oxygen atoms in total. The molecule has 2 saturated heterocycles. The van der Waals surface area contributed by atoms with Crippen LogP contribution in [0.25, 0.3) is 22.2 Å². The van der Waals surface area contributed by atoms with Crippen molar-refractivity contribution in [2.45, 2.75) is 43.6 Å². The molecule has 2 aliphatic heterocycles. The van der Waals surface area contributed by atoms with Crippen LogP contribution in [0.2, 0.25) is 0 Å². The minimum Gasteiger partial charge on any atom is -0.505 e. The van der Waals surface area contributed by atoms with Gasteiger partial charge < -0.3 is 19.9 Å². The van der Waals surface area contributed by atoms with Crippen LogP contribution in [-0.4, -0.2) is 51.0 Å². The molecule has 0 amide bonds. The van der Waals surface area contributed by atoms with Gasteiger partial charge in [0.15, 0.2) is 5.43 Å². The Kier molecular flexibility index (Phi) is 4.47. The number of phenolic OH excluding ortho intramolecular Hbond substituents is 1. The fourth-order valence-electron chi connectivity index (χ4n) is 4.85. The van der Waals surface area contributed by atoms with E-state index in [9.17, 15) is 14.3 Å². The second kappa shape index (κ2) is 7.05. The van der Waals surface area contributed by atoms with Crippen LogP contribution >= 0.6 is 0 Å². The van der Waals surface area contributed by atoms with Crippen molar-refractivity contribution in [3.63, 3.8) is 0 Å². The average molecular weight is 409 g/mol. The number of fused-ring (bicyclic) bond motifs is 3. The molecule has 2 fully saturated rings. The minimum atomic E-state index is -0.943. The molecular formula is C22H24FN5O2. The predicted octanol–water partition coefficient (Wildman–Crippen LogP) is 2.37. The van der Waals surface area contributed by atoms with Gasteiger partial charge in [0.25, 0.3) is 0 Å². The quantitative estimate of drug-likeness (QED) is 0.691. The molecule has 2 bridgehead atoms. The predicted molar refractivity (Wildman–Crippen MR) is 114 cm³/mol. The number of rotatable bonds is 3. The van der Waals surface area contributed by atoms with Crippen LogP contribution in [0.1, 0.15) is 19.3 Å². The number of benzene rings is 1. The van der Waals surface area contributed by atoms with Gasteiger partial charge in [-0.1, -0.05) is 0 Å². The highest BCUT2D eigenvalue weighted by Crippen LogP contribution is 2.35. The van der Waals surface area contributed by atoms with Crippen molar-refractivity contribution in [3.05, 3.63) is 47.0 Å².